The van der Waals surface area contributed by atoms with E-state index in [1.165, 1.54) is 6.07 Å². The molecule has 7 heteroatoms. The number of anilines is 1. The zero-order valence-corrected chi connectivity index (χ0v) is 12.0. The van der Waals surface area contributed by atoms with Crippen LogP contribution in [0.3, 0.4) is 0 Å². The number of nitrogens with two attached hydrogens (primary N) is 1. The quantitative estimate of drug-likeness (QED) is 0.550. The standard InChI is InChI=1S/C12H20N2O4S/c1-3-18-11-6-5-10(13)9-12(11)19(15,16)14-7-4-8-17-2/h5-6,9,14H,3-4,7-8,13H2,1-2H3. The normalized spacial score (nSPS) is 11.5. The summed E-state index contributed by atoms with van der Waals surface area (Å²) >= 11 is 0. The number of benzene rings is 1. The maximum Gasteiger partial charge on any atom is 0.244 e. The Bertz CT molecular complexity index is 502. The van der Waals surface area contributed by atoms with Crippen LogP contribution in [-0.2, 0) is 14.8 Å². The van der Waals surface area contributed by atoms with Crippen molar-refractivity contribution in [3.05, 3.63) is 18.2 Å². The fourth-order valence-electron chi connectivity index (χ4n) is 1.51. The highest BCUT2D eigenvalue weighted by Gasteiger charge is 2.19. The molecule has 0 heterocycles. The lowest BCUT2D eigenvalue weighted by molar-refractivity contribution is 0.196. The second kappa shape index (κ2) is 7.32. The summed E-state index contributed by atoms with van der Waals surface area (Å²) in [6, 6.07) is 4.56. The van der Waals surface area contributed by atoms with Crippen LogP contribution in [0.4, 0.5) is 5.69 Å². The largest absolute Gasteiger partial charge is 0.492 e. The van der Waals surface area contributed by atoms with Crippen LogP contribution in [-0.4, -0.2) is 35.3 Å². The minimum absolute atomic E-state index is 0.0618. The lowest BCUT2D eigenvalue weighted by Gasteiger charge is -2.12. The number of nitrogen functional groups attached to an aromatic ring is 1. The molecular weight excluding hydrogens is 268 g/mol. The molecule has 0 amide bonds. The van der Waals surface area contributed by atoms with Crippen molar-refractivity contribution < 1.29 is 17.9 Å². The molecule has 3 N–H and O–H groups in total. The molecule has 0 fully saturated rings. The topological polar surface area (TPSA) is 90.7 Å². The molecule has 0 aromatic heterocycles. The average molecular weight is 288 g/mol. The summed E-state index contributed by atoms with van der Waals surface area (Å²) in [6.07, 6.45) is 0.599. The Morgan fingerprint density at radius 1 is 1.37 bits per heavy atom. The summed E-state index contributed by atoms with van der Waals surface area (Å²) in [5.41, 5.74) is 6.00. The third kappa shape index (κ3) is 4.70. The van der Waals surface area contributed by atoms with Gasteiger partial charge in [0.15, 0.2) is 0 Å². The molecule has 0 saturated heterocycles. The van der Waals surface area contributed by atoms with Gasteiger partial charge in [-0.2, -0.15) is 0 Å². The second-order valence-electron chi connectivity index (χ2n) is 3.88. The Hall–Kier alpha value is -1.31. The van der Waals surface area contributed by atoms with Gasteiger partial charge in [0.1, 0.15) is 10.6 Å². The molecule has 0 spiro atoms. The fraction of sp³-hybridized carbons (Fsp3) is 0.500. The van der Waals surface area contributed by atoms with Crippen molar-refractivity contribution in [2.45, 2.75) is 18.2 Å². The van der Waals surface area contributed by atoms with Crippen molar-refractivity contribution in [2.24, 2.45) is 0 Å². The molecule has 1 aromatic carbocycles. The number of methoxy groups -OCH3 is 1. The number of ether oxygens (including phenoxy) is 2. The van der Waals surface area contributed by atoms with E-state index < -0.39 is 10.0 Å². The maximum atomic E-state index is 12.2. The Labute approximate surface area is 113 Å². The molecule has 0 aliphatic rings. The average Bonchev–Trinajstić information content (AvgIpc) is 2.37. The van der Waals surface area contributed by atoms with Crippen LogP contribution in [0.5, 0.6) is 5.75 Å². The lowest BCUT2D eigenvalue weighted by Crippen LogP contribution is -2.26. The molecule has 0 bridgehead atoms. The molecule has 6 nitrogen and oxygen atoms in total. The van der Waals surface area contributed by atoms with E-state index in [0.717, 1.165) is 0 Å². The van der Waals surface area contributed by atoms with Crippen LogP contribution in [0.15, 0.2) is 23.1 Å². The Morgan fingerprint density at radius 3 is 2.74 bits per heavy atom. The number of sulfonamides is 1. The number of rotatable bonds is 8. The van der Waals surface area contributed by atoms with Gasteiger partial charge in [0.05, 0.1) is 6.61 Å². The van der Waals surface area contributed by atoms with Crippen molar-refractivity contribution in [1.82, 2.24) is 4.72 Å². The monoisotopic (exact) mass is 288 g/mol. The molecular formula is C12H20N2O4S. The summed E-state index contributed by atoms with van der Waals surface area (Å²) < 4.78 is 37.0. The van der Waals surface area contributed by atoms with E-state index >= 15 is 0 Å². The van der Waals surface area contributed by atoms with Gasteiger partial charge >= 0.3 is 0 Å². The van der Waals surface area contributed by atoms with Gasteiger partial charge in [-0.05, 0) is 31.5 Å². The number of nitrogens with one attached hydrogen (secondary N) is 1. The summed E-state index contributed by atoms with van der Waals surface area (Å²) in [6.45, 7) is 2.98. The van der Waals surface area contributed by atoms with Gasteiger partial charge in [0, 0.05) is 25.9 Å². The van der Waals surface area contributed by atoms with E-state index in [1.54, 1.807) is 26.2 Å². The Balaban J connectivity index is 2.89. The first-order valence-corrected chi connectivity index (χ1v) is 7.50. The minimum atomic E-state index is -3.63. The highest BCUT2D eigenvalue weighted by atomic mass is 32.2. The smallest absolute Gasteiger partial charge is 0.244 e. The molecule has 108 valence electrons. The molecule has 0 radical (unpaired) electrons. The van der Waals surface area contributed by atoms with Crippen molar-refractivity contribution in [3.8, 4) is 5.75 Å². The predicted molar refractivity (Wildman–Crippen MR) is 73.7 cm³/mol. The van der Waals surface area contributed by atoms with Gasteiger partial charge in [-0.15, -0.1) is 0 Å². The van der Waals surface area contributed by atoms with Gasteiger partial charge in [-0.25, -0.2) is 13.1 Å². The summed E-state index contributed by atoms with van der Waals surface area (Å²) in [5, 5.41) is 0. The third-order valence-corrected chi connectivity index (χ3v) is 3.86. The first-order valence-electron chi connectivity index (χ1n) is 6.02. The van der Waals surface area contributed by atoms with Crippen LogP contribution < -0.4 is 15.2 Å². The molecule has 0 unspecified atom stereocenters. The first kappa shape index (κ1) is 15.7. The van der Waals surface area contributed by atoms with E-state index in [-0.39, 0.29) is 4.90 Å². The lowest BCUT2D eigenvalue weighted by atomic mass is 10.3. The molecule has 1 aromatic rings. The van der Waals surface area contributed by atoms with Crippen LogP contribution >= 0.6 is 0 Å². The van der Waals surface area contributed by atoms with Crippen molar-refractivity contribution in [2.75, 3.05) is 32.6 Å². The minimum Gasteiger partial charge on any atom is -0.492 e. The number of hydrogen-bond acceptors (Lipinski definition) is 5. The first-order chi connectivity index (χ1) is 9.01. The van der Waals surface area contributed by atoms with Crippen LogP contribution in [0.1, 0.15) is 13.3 Å². The summed E-state index contributed by atoms with van der Waals surface area (Å²) in [7, 11) is -2.06. The van der Waals surface area contributed by atoms with Crippen molar-refractivity contribution in [1.29, 1.82) is 0 Å². The fourth-order valence-corrected chi connectivity index (χ4v) is 2.76. The van der Waals surface area contributed by atoms with Crippen LogP contribution in [0.25, 0.3) is 0 Å². The van der Waals surface area contributed by atoms with E-state index in [2.05, 4.69) is 4.72 Å². The van der Waals surface area contributed by atoms with E-state index in [4.69, 9.17) is 15.2 Å². The Morgan fingerprint density at radius 2 is 2.11 bits per heavy atom. The Kier molecular flexibility index (Phi) is 6.07. The highest BCUT2D eigenvalue weighted by Crippen LogP contribution is 2.26. The zero-order chi connectivity index (χ0) is 14.3. The predicted octanol–water partition coefficient (Wildman–Crippen LogP) is 0.982. The summed E-state index contributed by atoms with van der Waals surface area (Å²) in [5.74, 6) is 0.302. The molecule has 0 saturated carbocycles. The molecule has 19 heavy (non-hydrogen) atoms. The molecule has 0 aliphatic carbocycles. The third-order valence-electron chi connectivity index (χ3n) is 2.37. The van der Waals surface area contributed by atoms with Crippen LogP contribution in [0.2, 0.25) is 0 Å². The van der Waals surface area contributed by atoms with Gasteiger partial charge < -0.3 is 15.2 Å². The van der Waals surface area contributed by atoms with Gasteiger partial charge in [0.2, 0.25) is 10.0 Å². The van der Waals surface area contributed by atoms with Crippen molar-refractivity contribution in [3.63, 3.8) is 0 Å². The zero-order valence-electron chi connectivity index (χ0n) is 11.2. The highest BCUT2D eigenvalue weighted by molar-refractivity contribution is 7.89. The number of hydrogen-bond donors (Lipinski definition) is 2. The molecule has 0 aliphatic heterocycles. The van der Waals surface area contributed by atoms with Crippen LogP contribution in [0, 0.1) is 0 Å². The van der Waals surface area contributed by atoms with Gasteiger partial charge in [-0.3, -0.25) is 0 Å². The van der Waals surface area contributed by atoms with Gasteiger partial charge in [0.25, 0.3) is 0 Å². The second-order valence-corrected chi connectivity index (χ2v) is 5.62. The summed E-state index contributed by atoms with van der Waals surface area (Å²) in [4.78, 5) is 0.0618. The SMILES string of the molecule is CCOc1ccc(N)cc1S(=O)(=O)NCCCOC. The molecule has 1 rings (SSSR count). The maximum absolute atomic E-state index is 12.2. The van der Waals surface area contributed by atoms with E-state index in [0.29, 0.717) is 37.6 Å². The van der Waals surface area contributed by atoms with Crippen molar-refractivity contribution >= 4 is 15.7 Å². The van der Waals surface area contributed by atoms with Gasteiger partial charge in [-0.1, -0.05) is 0 Å². The molecule has 0 atom stereocenters. The van der Waals surface area contributed by atoms with E-state index in [9.17, 15) is 8.42 Å². The van der Waals surface area contributed by atoms with E-state index in [1.807, 2.05) is 0 Å².